The summed E-state index contributed by atoms with van der Waals surface area (Å²) in [6.07, 6.45) is 7.14. The summed E-state index contributed by atoms with van der Waals surface area (Å²) >= 11 is 0. The highest BCUT2D eigenvalue weighted by Gasteiger charge is 2.26. The lowest BCUT2D eigenvalue weighted by atomic mass is 9.78. The van der Waals surface area contributed by atoms with Crippen LogP contribution in [0.1, 0.15) is 35.4 Å². The second-order valence-electron chi connectivity index (χ2n) is 5.10. The van der Waals surface area contributed by atoms with Gasteiger partial charge in [0.15, 0.2) is 0 Å². The molecule has 0 amide bonds. The summed E-state index contributed by atoms with van der Waals surface area (Å²) in [4.78, 5) is 0. The molecule has 1 aromatic carbocycles. The molecule has 1 heterocycles. The lowest BCUT2D eigenvalue weighted by Gasteiger charge is -2.29. The third-order valence-electron chi connectivity index (χ3n) is 3.91. The number of rotatable bonds is 3. The minimum atomic E-state index is -0.316. The van der Waals surface area contributed by atoms with Crippen molar-refractivity contribution in [3.05, 3.63) is 59.5 Å². The van der Waals surface area contributed by atoms with Crippen LogP contribution in [0.2, 0.25) is 0 Å². The lowest BCUT2D eigenvalue weighted by molar-refractivity contribution is 0.134. The Bertz CT molecular complexity index is 502. The first-order chi connectivity index (χ1) is 8.84. The highest BCUT2D eigenvalue weighted by molar-refractivity contribution is 5.33. The summed E-state index contributed by atoms with van der Waals surface area (Å²) in [5.41, 5.74) is 3.81. The van der Waals surface area contributed by atoms with Gasteiger partial charge in [-0.25, -0.2) is 0 Å². The predicted molar refractivity (Wildman–Crippen MR) is 70.5 cm³/mol. The SMILES string of the molecule is OC(Cc1ccoc1)C1CCCc2ccccc21. The van der Waals surface area contributed by atoms with Crippen LogP contribution in [0, 0.1) is 0 Å². The summed E-state index contributed by atoms with van der Waals surface area (Å²) < 4.78 is 5.06. The van der Waals surface area contributed by atoms with Gasteiger partial charge in [-0.05, 0) is 42.0 Å². The topological polar surface area (TPSA) is 33.4 Å². The van der Waals surface area contributed by atoms with E-state index in [-0.39, 0.29) is 12.0 Å². The minimum Gasteiger partial charge on any atom is -0.472 e. The fourth-order valence-corrected chi connectivity index (χ4v) is 2.98. The molecule has 0 radical (unpaired) electrons. The Morgan fingerprint density at radius 1 is 1.28 bits per heavy atom. The van der Waals surface area contributed by atoms with Crippen molar-refractivity contribution in [1.82, 2.24) is 0 Å². The largest absolute Gasteiger partial charge is 0.472 e. The Labute approximate surface area is 107 Å². The maximum absolute atomic E-state index is 10.5. The molecule has 2 atom stereocenters. The lowest BCUT2D eigenvalue weighted by Crippen LogP contribution is -2.24. The number of hydrogen-bond acceptors (Lipinski definition) is 2. The Kier molecular flexibility index (Phi) is 3.20. The zero-order valence-corrected chi connectivity index (χ0v) is 10.4. The molecule has 1 aromatic heterocycles. The molecule has 1 aliphatic rings. The Morgan fingerprint density at radius 3 is 3.00 bits per heavy atom. The van der Waals surface area contributed by atoms with E-state index in [1.807, 2.05) is 6.07 Å². The van der Waals surface area contributed by atoms with E-state index >= 15 is 0 Å². The van der Waals surface area contributed by atoms with Crippen LogP contribution in [0.15, 0.2) is 47.3 Å². The average Bonchev–Trinajstić information content (AvgIpc) is 2.91. The molecule has 0 spiro atoms. The van der Waals surface area contributed by atoms with Crippen molar-refractivity contribution in [2.24, 2.45) is 0 Å². The fourth-order valence-electron chi connectivity index (χ4n) is 2.98. The molecule has 94 valence electrons. The molecule has 1 N–H and O–H groups in total. The van der Waals surface area contributed by atoms with Crippen LogP contribution in [0.4, 0.5) is 0 Å². The van der Waals surface area contributed by atoms with E-state index in [9.17, 15) is 5.11 Å². The van der Waals surface area contributed by atoms with Gasteiger partial charge >= 0.3 is 0 Å². The van der Waals surface area contributed by atoms with E-state index in [1.54, 1.807) is 12.5 Å². The summed E-state index contributed by atoms with van der Waals surface area (Å²) in [7, 11) is 0. The van der Waals surface area contributed by atoms with Crippen LogP contribution >= 0.6 is 0 Å². The van der Waals surface area contributed by atoms with Gasteiger partial charge in [-0.3, -0.25) is 0 Å². The maximum Gasteiger partial charge on any atom is 0.0935 e. The van der Waals surface area contributed by atoms with E-state index in [0.717, 1.165) is 18.4 Å². The van der Waals surface area contributed by atoms with Gasteiger partial charge in [-0.2, -0.15) is 0 Å². The Hall–Kier alpha value is -1.54. The molecule has 0 bridgehead atoms. The molecule has 2 aromatic rings. The highest BCUT2D eigenvalue weighted by Crippen LogP contribution is 2.34. The Morgan fingerprint density at radius 2 is 2.17 bits per heavy atom. The third-order valence-corrected chi connectivity index (χ3v) is 3.91. The number of aliphatic hydroxyl groups is 1. The molecule has 0 saturated heterocycles. The van der Waals surface area contributed by atoms with E-state index in [1.165, 1.54) is 17.5 Å². The number of furan rings is 1. The second-order valence-corrected chi connectivity index (χ2v) is 5.10. The second kappa shape index (κ2) is 4.99. The quantitative estimate of drug-likeness (QED) is 0.895. The van der Waals surface area contributed by atoms with Gasteiger partial charge in [-0.15, -0.1) is 0 Å². The summed E-state index contributed by atoms with van der Waals surface area (Å²) in [5.74, 6) is 0.268. The fraction of sp³-hybridized carbons (Fsp3) is 0.375. The Balaban J connectivity index is 1.80. The van der Waals surface area contributed by atoms with Crippen molar-refractivity contribution >= 4 is 0 Å². The first-order valence-electron chi connectivity index (χ1n) is 6.61. The van der Waals surface area contributed by atoms with Gasteiger partial charge in [0.05, 0.1) is 18.6 Å². The van der Waals surface area contributed by atoms with Gasteiger partial charge < -0.3 is 9.52 Å². The minimum absolute atomic E-state index is 0.268. The summed E-state index contributed by atoms with van der Waals surface area (Å²) in [6, 6.07) is 10.4. The summed E-state index contributed by atoms with van der Waals surface area (Å²) in [5, 5.41) is 10.5. The van der Waals surface area contributed by atoms with E-state index in [4.69, 9.17) is 4.42 Å². The van der Waals surface area contributed by atoms with Crippen molar-refractivity contribution in [3.63, 3.8) is 0 Å². The van der Waals surface area contributed by atoms with Gasteiger partial charge in [0.1, 0.15) is 0 Å². The predicted octanol–water partition coefficient (Wildman–Crippen LogP) is 3.30. The van der Waals surface area contributed by atoms with Crippen molar-refractivity contribution in [3.8, 4) is 0 Å². The van der Waals surface area contributed by atoms with Crippen LogP contribution in [0.25, 0.3) is 0 Å². The standard InChI is InChI=1S/C16H18O2/c17-16(10-12-8-9-18-11-12)15-7-3-5-13-4-1-2-6-14(13)15/h1-2,4,6,8-9,11,15-17H,3,5,7,10H2. The summed E-state index contributed by atoms with van der Waals surface area (Å²) in [6.45, 7) is 0. The number of aryl methyl sites for hydroxylation is 1. The van der Waals surface area contributed by atoms with Gasteiger partial charge in [-0.1, -0.05) is 24.3 Å². The number of aliphatic hydroxyl groups excluding tert-OH is 1. The monoisotopic (exact) mass is 242 g/mol. The van der Waals surface area contributed by atoms with Crippen LogP contribution in [0.3, 0.4) is 0 Å². The zero-order chi connectivity index (χ0) is 12.4. The van der Waals surface area contributed by atoms with Gasteiger partial charge in [0.2, 0.25) is 0 Å². The zero-order valence-electron chi connectivity index (χ0n) is 10.4. The van der Waals surface area contributed by atoms with Gasteiger partial charge in [0.25, 0.3) is 0 Å². The molecule has 0 saturated carbocycles. The van der Waals surface area contributed by atoms with E-state index < -0.39 is 0 Å². The molecule has 2 nitrogen and oxygen atoms in total. The molecule has 0 aliphatic heterocycles. The van der Waals surface area contributed by atoms with Crippen molar-refractivity contribution in [2.45, 2.75) is 37.7 Å². The number of benzene rings is 1. The highest BCUT2D eigenvalue weighted by atomic mass is 16.3. The normalized spacial score (nSPS) is 20.4. The van der Waals surface area contributed by atoms with Crippen LogP contribution < -0.4 is 0 Å². The molecular weight excluding hydrogens is 224 g/mol. The average molecular weight is 242 g/mol. The maximum atomic E-state index is 10.5. The van der Waals surface area contributed by atoms with Crippen LogP contribution in [-0.4, -0.2) is 11.2 Å². The van der Waals surface area contributed by atoms with Crippen molar-refractivity contribution < 1.29 is 9.52 Å². The molecule has 3 rings (SSSR count). The molecule has 1 aliphatic carbocycles. The smallest absolute Gasteiger partial charge is 0.0935 e. The number of fused-ring (bicyclic) bond motifs is 1. The van der Waals surface area contributed by atoms with Crippen LogP contribution in [0.5, 0.6) is 0 Å². The number of hydrogen-bond donors (Lipinski definition) is 1. The molecule has 0 fully saturated rings. The third kappa shape index (κ3) is 2.21. The van der Waals surface area contributed by atoms with Crippen molar-refractivity contribution in [1.29, 1.82) is 0 Å². The molecular formula is C16H18O2. The van der Waals surface area contributed by atoms with E-state index in [2.05, 4.69) is 24.3 Å². The molecule has 2 heteroatoms. The van der Waals surface area contributed by atoms with Crippen molar-refractivity contribution in [2.75, 3.05) is 0 Å². The first-order valence-corrected chi connectivity index (χ1v) is 6.61. The van der Waals surface area contributed by atoms with E-state index in [0.29, 0.717) is 6.42 Å². The first kappa shape index (κ1) is 11.5. The van der Waals surface area contributed by atoms with Gasteiger partial charge in [0, 0.05) is 12.3 Å². The molecule has 18 heavy (non-hydrogen) atoms. The molecule has 2 unspecified atom stereocenters. The van der Waals surface area contributed by atoms with Crippen LogP contribution in [-0.2, 0) is 12.8 Å².